The van der Waals surface area contributed by atoms with Crippen LogP contribution in [0, 0.1) is 5.92 Å². The average molecular weight is 368 g/mol. The quantitative estimate of drug-likeness (QED) is 0.402. The fourth-order valence-electron chi connectivity index (χ4n) is 3.28. The van der Waals surface area contributed by atoms with Crippen LogP contribution in [0.2, 0.25) is 0 Å². The van der Waals surface area contributed by atoms with E-state index >= 15 is 0 Å². The van der Waals surface area contributed by atoms with Gasteiger partial charge in [0, 0.05) is 7.05 Å². The molecule has 2 aliphatic rings. The monoisotopic (exact) mass is 368 g/mol. The van der Waals surface area contributed by atoms with Gasteiger partial charge in [0.2, 0.25) is 5.91 Å². The second-order valence-corrected chi connectivity index (χ2v) is 6.55. The normalized spacial score (nSPS) is 25.0. The third-order valence-electron chi connectivity index (χ3n) is 4.88. The highest BCUT2D eigenvalue weighted by atomic mass is 16.5. The Hall–Kier alpha value is -2.65. The highest BCUT2D eigenvalue weighted by molar-refractivity contribution is 6.09. The Kier molecular flexibility index (Phi) is 6.17. The second kappa shape index (κ2) is 8.15. The van der Waals surface area contributed by atoms with Crippen molar-refractivity contribution < 1.29 is 28.7 Å². The predicted octanol–water partition coefficient (Wildman–Crippen LogP) is -1.11. The third kappa shape index (κ3) is 4.12. The number of imide groups is 1. The van der Waals surface area contributed by atoms with Gasteiger partial charge in [0.1, 0.15) is 12.1 Å². The van der Waals surface area contributed by atoms with E-state index < -0.39 is 48.4 Å². The molecule has 2 rings (SSSR count). The summed E-state index contributed by atoms with van der Waals surface area (Å²) in [4.78, 5) is 60.1. The Labute approximate surface area is 151 Å². The molecule has 1 saturated carbocycles. The highest BCUT2D eigenvalue weighted by Gasteiger charge is 2.55. The van der Waals surface area contributed by atoms with E-state index in [0.717, 1.165) is 24.2 Å². The Morgan fingerprint density at radius 2 is 2.00 bits per heavy atom. The molecule has 0 bridgehead atoms. The van der Waals surface area contributed by atoms with E-state index in [4.69, 9.17) is 4.74 Å². The number of hydrogen-bond acceptors (Lipinski definition) is 6. The molecule has 0 aromatic heterocycles. The minimum absolute atomic E-state index is 0.00999. The van der Waals surface area contributed by atoms with E-state index in [1.54, 1.807) is 0 Å². The third-order valence-corrected chi connectivity index (χ3v) is 4.88. The number of likely N-dealkylation sites (N-methyl/N-ethyl adjacent to an activating group) is 1. The molecule has 0 unspecified atom stereocenters. The number of hydrogen-bond donors (Lipinski definition) is 3. The Morgan fingerprint density at radius 3 is 2.65 bits per heavy atom. The van der Waals surface area contributed by atoms with Gasteiger partial charge in [-0.15, -0.1) is 0 Å². The smallest absolute Gasteiger partial charge is 0.326 e. The summed E-state index contributed by atoms with van der Waals surface area (Å²) in [5, 5.41) is 7.32. The van der Waals surface area contributed by atoms with Gasteiger partial charge in [-0.3, -0.25) is 24.1 Å². The van der Waals surface area contributed by atoms with Crippen LogP contribution >= 0.6 is 0 Å². The van der Waals surface area contributed by atoms with Crippen LogP contribution in [0.5, 0.6) is 0 Å². The summed E-state index contributed by atoms with van der Waals surface area (Å²) < 4.78 is 4.77. The van der Waals surface area contributed by atoms with Crippen molar-refractivity contribution in [2.75, 3.05) is 26.7 Å². The van der Waals surface area contributed by atoms with E-state index in [9.17, 15) is 24.0 Å². The van der Waals surface area contributed by atoms with Gasteiger partial charge >= 0.3 is 12.0 Å². The molecule has 144 valence electrons. The lowest BCUT2D eigenvalue weighted by Gasteiger charge is -2.36. The number of urea groups is 1. The Bertz CT molecular complexity index is 622. The maximum absolute atomic E-state index is 12.7. The van der Waals surface area contributed by atoms with Crippen molar-refractivity contribution in [2.24, 2.45) is 5.92 Å². The van der Waals surface area contributed by atoms with Crippen molar-refractivity contribution in [3.63, 3.8) is 0 Å². The molecule has 1 saturated heterocycles. The Morgan fingerprint density at radius 1 is 1.27 bits per heavy atom. The van der Waals surface area contributed by atoms with E-state index in [-0.39, 0.29) is 12.5 Å². The number of rotatable bonds is 6. The molecular weight excluding hydrogens is 344 g/mol. The largest absolute Gasteiger partial charge is 0.454 e. The standard InChI is InChI=1S/C16H24N4O6/c1-10-5-3-4-6-16(10)14(24)20(15(25)19-16)8-13(23)26-9-12(22)18-7-11(21)17-2/h10H,3-9H2,1-2H3,(H,17,21)(H,18,22)(H,19,25)/t10-,16-/m1/s1. The van der Waals surface area contributed by atoms with Crippen LogP contribution in [0.4, 0.5) is 4.79 Å². The molecule has 10 heteroatoms. The van der Waals surface area contributed by atoms with Crippen LogP contribution in [0.25, 0.3) is 0 Å². The summed E-state index contributed by atoms with van der Waals surface area (Å²) in [6, 6.07) is -0.621. The summed E-state index contributed by atoms with van der Waals surface area (Å²) in [6.07, 6.45) is 3.21. The minimum atomic E-state index is -0.944. The number of carbonyl (C=O) groups excluding carboxylic acids is 5. The van der Waals surface area contributed by atoms with Crippen LogP contribution in [0.3, 0.4) is 0 Å². The highest BCUT2D eigenvalue weighted by Crippen LogP contribution is 2.38. The first-order chi connectivity index (χ1) is 12.3. The molecule has 26 heavy (non-hydrogen) atoms. The lowest BCUT2D eigenvalue weighted by Crippen LogP contribution is -2.54. The van der Waals surface area contributed by atoms with Gasteiger partial charge in [0.15, 0.2) is 6.61 Å². The molecule has 2 atom stereocenters. The summed E-state index contributed by atoms with van der Waals surface area (Å²) in [5.74, 6) is -2.35. The van der Waals surface area contributed by atoms with Gasteiger partial charge in [0.25, 0.3) is 11.8 Å². The zero-order chi connectivity index (χ0) is 19.3. The van der Waals surface area contributed by atoms with E-state index in [2.05, 4.69) is 16.0 Å². The van der Waals surface area contributed by atoms with E-state index in [0.29, 0.717) is 6.42 Å². The maximum Gasteiger partial charge on any atom is 0.326 e. The van der Waals surface area contributed by atoms with Crippen molar-refractivity contribution in [1.82, 2.24) is 20.9 Å². The maximum atomic E-state index is 12.7. The molecular formula is C16H24N4O6. The number of esters is 1. The van der Waals surface area contributed by atoms with Crippen molar-refractivity contribution in [3.05, 3.63) is 0 Å². The minimum Gasteiger partial charge on any atom is -0.454 e. The molecule has 1 spiro atoms. The van der Waals surface area contributed by atoms with Crippen LogP contribution in [-0.4, -0.2) is 66.9 Å². The van der Waals surface area contributed by atoms with Crippen molar-refractivity contribution in [1.29, 1.82) is 0 Å². The number of ether oxygens (including phenoxy) is 1. The fourth-order valence-corrected chi connectivity index (χ4v) is 3.28. The number of nitrogens with zero attached hydrogens (tertiary/aromatic N) is 1. The molecule has 3 N–H and O–H groups in total. The lowest BCUT2D eigenvalue weighted by molar-refractivity contribution is -0.151. The lowest BCUT2D eigenvalue weighted by atomic mass is 9.73. The number of carbonyl (C=O) groups is 5. The molecule has 0 aromatic rings. The SMILES string of the molecule is CNC(=O)CNC(=O)COC(=O)CN1C(=O)N[C@@]2(CCCC[C@H]2C)C1=O. The van der Waals surface area contributed by atoms with Crippen LogP contribution < -0.4 is 16.0 Å². The molecule has 1 aliphatic heterocycles. The molecule has 10 nitrogen and oxygen atoms in total. The first-order valence-corrected chi connectivity index (χ1v) is 8.57. The molecule has 0 radical (unpaired) electrons. The molecule has 2 fully saturated rings. The summed E-state index contributed by atoms with van der Waals surface area (Å²) in [5.41, 5.74) is -0.944. The van der Waals surface area contributed by atoms with Gasteiger partial charge in [-0.2, -0.15) is 0 Å². The topological polar surface area (TPSA) is 134 Å². The number of amides is 5. The summed E-state index contributed by atoms with van der Waals surface area (Å²) >= 11 is 0. The summed E-state index contributed by atoms with van der Waals surface area (Å²) in [7, 11) is 1.42. The first-order valence-electron chi connectivity index (χ1n) is 8.57. The Balaban J connectivity index is 1.85. The van der Waals surface area contributed by atoms with Gasteiger partial charge < -0.3 is 20.7 Å². The van der Waals surface area contributed by atoms with Gasteiger partial charge in [-0.05, 0) is 18.8 Å². The zero-order valence-corrected chi connectivity index (χ0v) is 14.9. The fraction of sp³-hybridized carbons (Fsp3) is 0.688. The first kappa shape index (κ1) is 19.7. The average Bonchev–Trinajstić information content (AvgIpc) is 2.85. The van der Waals surface area contributed by atoms with Gasteiger partial charge in [0.05, 0.1) is 6.54 Å². The van der Waals surface area contributed by atoms with Gasteiger partial charge in [-0.25, -0.2) is 4.79 Å². The van der Waals surface area contributed by atoms with Crippen molar-refractivity contribution >= 4 is 29.7 Å². The summed E-state index contributed by atoms with van der Waals surface area (Å²) in [6.45, 7) is 0.527. The predicted molar refractivity (Wildman–Crippen MR) is 88.6 cm³/mol. The molecule has 5 amide bonds. The molecule has 1 heterocycles. The number of nitrogens with one attached hydrogen (secondary N) is 3. The van der Waals surface area contributed by atoms with Crippen LogP contribution in [0.15, 0.2) is 0 Å². The van der Waals surface area contributed by atoms with Crippen LogP contribution in [0.1, 0.15) is 32.6 Å². The van der Waals surface area contributed by atoms with Crippen molar-refractivity contribution in [3.8, 4) is 0 Å². The van der Waals surface area contributed by atoms with Crippen LogP contribution in [-0.2, 0) is 23.9 Å². The van der Waals surface area contributed by atoms with E-state index in [1.807, 2.05) is 6.92 Å². The molecule has 1 aliphatic carbocycles. The van der Waals surface area contributed by atoms with E-state index in [1.165, 1.54) is 7.05 Å². The zero-order valence-electron chi connectivity index (χ0n) is 14.9. The van der Waals surface area contributed by atoms with Gasteiger partial charge in [-0.1, -0.05) is 19.8 Å². The second-order valence-electron chi connectivity index (χ2n) is 6.55. The van der Waals surface area contributed by atoms with Crippen molar-refractivity contribution in [2.45, 2.75) is 38.1 Å². The molecule has 0 aromatic carbocycles.